The molecule has 2 N–H and O–H groups in total. The Morgan fingerprint density at radius 3 is 2.59 bits per heavy atom. The van der Waals surface area contributed by atoms with Crippen LogP contribution in [0.1, 0.15) is 56.6 Å². The molecule has 1 atom stereocenters. The van der Waals surface area contributed by atoms with Crippen LogP contribution >= 0.6 is 11.6 Å². The Morgan fingerprint density at radius 1 is 1.16 bits per heavy atom. The highest BCUT2D eigenvalue weighted by atomic mass is 35.5. The number of urea groups is 1. The van der Waals surface area contributed by atoms with Crippen molar-refractivity contribution >= 4 is 33.6 Å². The third-order valence-electron chi connectivity index (χ3n) is 6.09. The van der Waals surface area contributed by atoms with Crippen LogP contribution in [-0.4, -0.2) is 50.7 Å². The number of benzene rings is 1. The smallest absolute Gasteiger partial charge is 0.324 e. The number of sulfonamides is 1. The van der Waals surface area contributed by atoms with E-state index in [-0.39, 0.29) is 36.2 Å². The van der Waals surface area contributed by atoms with Crippen molar-refractivity contribution in [1.82, 2.24) is 14.9 Å². The van der Waals surface area contributed by atoms with Gasteiger partial charge in [0.1, 0.15) is 12.3 Å². The summed E-state index contributed by atoms with van der Waals surface area (Å²) in [4.78, 5) is 24.2. The molecule has 1 aliphatic heterocycles. The van der Waals surface area contributed by atoms with Gasteiger partial charge in [-0.05, 0) is 68.1 Å². The molecule has 1 saturated heterocycles. The van der Waals surface area contributed by atoms with Gasteiger partial charge in [0, 0.05) is 12.6 Å². The van der Waals surface area contributed by atoms with Crippen molar-refractivity contribution in [2.45, 2.75) is 51.0 Å². The minimum atomic E-state index is -3.46. The summed E-state index contributed by atoms with van der Waals surface area (Å²) in [5.74, 6) is 1.24. The van der Waals surface area contributed by atoms with Crippen molar-refractivity contribution in [3.05, 3.63) is 28.8 Å². The fourth-order valence-electron chi connectivity index (χ4n) is 3.87. The number of nitrogens with zero attached hydrogens (tertiary/aromatic N) is 1. The van der Waals surface area contributed by atoms with Crippen LogP contribution in [0.15, 0.2) is 18.2 Å². The molecular weight excluding hydrogens is 454 g/mol. The molecule has 4 rings (SSSR count). The molecule has 176 valence electrons. The van der Waals surface area contributed by atoms with E-state index in [2.05, 4.69) is 10.0 Å². The minimum absolute atomic E-state index is 0.0278. The average molecular weight is 484 g/mol. The Hall–Kier alpha value is -1.84. The summed E-state index contributed by atoms with van der Waals surface area (Å²) >= 11 is 6.28. The number of carbonyl (C=O) groups excluding carboxylic acids is 2. The van der Waals surface area contributed by atoms with E-state index < -0.39 is 10.0 Å². The topological polar surface area (TPSA) is 105 Å². The molecule has 1 unspecified atom stereocenters. The molecule has 10 heteroatoms. The van der Waals surface area contributed by atoms with Crippen LogP contribution in [0.2, 0.25) is 5.02 Å². The Labute approximate surface area is 194 Å². The standard InChI is InChI=1S/C22H30ClN3O5S/c23-18-9-8-17(12-19(18)31-14-15-4-5-15)21(16-6-7-16)25-32(29,30)11-3-1-2-10-26-13-20(27)24-22(26)28/h8-9,12,15-16,21,25H,1-7,10-11,13-14H2,(H,24,27,28). The van der Waals surface area contributed by atoms with Crippen molar-refractivity contribution in [3.8, 4) is 5.75 Å². The van der Waals surface area contributed by atoms with Crippen LogP contribution in [0.3, 0.4) is 0 Å². The molecule has 0 radical (unpaired) electrons. The van der Waals surface area contributed by atoms with E-state index in [4.69, 9.17) is 16.3 Å². The first-order chi connectivity index (χ1) is 15.3. The molecule has 1 aromatic carbocycles. The number of carbonyl (C=O) groups is 2. The van der Waals surface area contributed by atoms with E-state index in [1.165, 1.54) is 17.7 Å². The van der Waals surface area contributed by atoms with Gasteiger partial charge < -0.3 is 9.64 Å². The van der Waals surface area contributed by atoms with Crippen LogP contribution in [0.4, 0.5) is 4.79 Å². The van der Waals surface area contributed by atoms with E-state index in [1.54, 1.807) is 6.07 Å². The second kappa shape index (κ2) is 9.97. The number of amides is 3. The highest BCUT2D eigenvalue weighted by molar-refractivity contribution is 7.89. The molecule has 2 aliphatic carbocycles. The Bertz CT molecular complexity index is 962. The highest BCUT2D eigenvalue weighted by Gasteiger charge is 2.35. The monoisotopic (exact) mass is 483 g/mol. The van der Waals surface area contributed by atoms with Gasteiger partial charge in [-0.2, -0.15) is 0 Å². The lowest BCUT2D eigenvalue weighted by Gasteiger charge is -2.20. The second-order valence-corrected chi connectivity index (χ2v) is 11.3. The van der Waals surface area contributed by atoms with Crippen LogP contribution in [0.25, 0.3) is 0 Å². The predicted octanol–water partition coefficient (Wildman–Crippen LogP) is 3.22. The molecular formula is C22H30ClN3O5S. The largest absolute Gasteiger partial charge is 0.492 e. The Balaban J connectivity index is 1.28. The van der Waals surface area contributed by atoms with Crippen molar-refractivity contribution in [2.75, 3.05) is 25.4 Å². The number of rotatable bonds is 13. The minimum Gasteiger partial charge on any atom is -0.492 e. The van der Waals surface area contributed by atoms with Gasteiger partial charge in [0.15, 0.2) is 0 Å². The SMILES string of the molecule is O=C1CN(CCCCCS(=O)(=O)NC(c2ccc(Cl)c(OCC3CC3)c2)C2CC2)C(=O)N1. The van der Waals surface area contributed by atoms with Crippen LogP contribution in [0.5, 0.6) is 5.75 Å². The van der Waals surface area contributed by atoms with Gasteiger partial charge in [0.25, 0.3) is 0 Å². The maximum absolute atomic E-state index is 12.7. The maximum atomic E-state index is 12.7. The van der Waals surface area contributed by atoms with E-state index >= 15 is 0 Å². The number of hydrogen-bond acceptors (Lipinski definition) is 5. The van der Waals surface area contributed by atoms with Gasteiger partial charge in [-0.3, -0.25) is 10.1 Å². The van der Waals surface area contributed by atoms with Gasteiger partial charge >= 0.3 is 6.03 Å². The lowest BCUT2D eigenvalue weighted by Crippen LogP contribution is -2.32. The average Bonchev–Trinajstić information content (AvgIpc) is 3.65. The number of nitrogens with one attached hydrogen (secondary N) is 2. The number of halogens is 1. The molecule has 1 heterocycles. The van der Waals surface area contributed by atoms with Crippen molar-refractivity contribution in [3.63, 3.8) is 0 Å². The summed E-state index contributed by atoms with van der Waals surface area (Å²) in [7, 11) is -3.46. The zero-order valence-electron chi connectivity index (χ0n) is 18.0. The summed E-state index contributed by atoms with van der Waals surface area (Å²) in [5.41, 5.74) is 0.885. The number of hydrogen-bond donors (Lipinski definition) is 2. The number of ether oxygens (including phenoxy) is 1. The fourth-order valence-corrected chi connectivity index (χ4v) is 5.46. The zero-order chi connectivity index (χ0) is 22.7. The first-order valence-corrected chi connectivity index (χ1v) is 13.3. The van der Waals surface area contributed by atoms with Crippen LogP contribution in [-0.2, 0) is 14.8 Å². The first-order valence-electron chi connectivity index (χ1n) is 11.3. The zero-order valence-corrected chi connectivity index (χ0v) is 19.6. The lowest BCUT2D eigenvalue weighted by atomic mass is 10.0. The van der Waals surface area contributed by atoms with Crippen LogP contribution < -0.4 is 14.8 Å². The van der Waals surface area contributed by atoms with Crippen molar-refractivity contribution in [2.24, 2.45) is 11.8 Å². The number of imide groups is 1. The first kappa shape index (κ1) is 23.3. The Morgan fingerprint density at radius 2 is 1.94 bits per heavy atom. The van der Waals surface area contributed by atoms with Gasteiger partial charge in [-0.15, -0.1) is 0 Å². The quantitative estimate of drug-likeness (QED) is 0.331. The summed E-state index contributed by atoms with van der Waals surface area (Å²) in [6.07, 6.45) is 6.16. The fraction of sp³-hybridized carbons (Fsp3) is 0.636. The molecule has 3 fully saturated rings. The molecule has 3 amide bonds. The molecule has 2 saturated carbocycles. The molecule has 0 aromatic heterocycles. The Kier molecular flexibility index (Phi) is 7.27. The molecule has 0 spiro atoms. The molecule has 1 aromatic rings. The summed E-state index contributed by atoms with van der Waals surface area (Å²) in [6, 6.07) is 4.88. The summed E-state index contributed by atoms with van der Waals surface area (Å²) in [6.45, 7) is 1.18. The summed E-state index contributed by atoms with van der Waals surface area (Å²) in [5, 5.41) is 2.78. The van der Waals surface area contributed by atoms with E-state index in [1.807, 2.05) is 12.1 Å². The van der Waals surface area contributed by atoms with E-state index in [0.29, 0.717) is 49.1 Å². The molecule has 32 heavy (non-hydrogen) atoms. The van der Waals surface area contributed by atoms with E-state index in [0.717, 1.165) is 18.4 Å². The van der Waals surface area contributed by atoms with Gasteiger partial charge in [-0.25, -0.2) is 17.9 Å². The molecule has 8 nitrogen and oxygen atoms in total. The lowest BCUT2D eigenvalue weighted by molar-refractivity contribution is -0.118. The highest BCUT2D eigenvalue weighted by Crippen LogP contribution is 2.43. The van der Waals surface area contributed by atoms with E-state index in [9.17, 15) is 18.0 Å². The predicted molar refractivity (Wildman–Crippen MR) is 121 cm³/mol. The van der Waals surface area contributed by atoms with Gasteiger partial charge in [-0.1, -0.05) is 24.1 Å². The third-order valence-corrected chi connectivity index (χ3v) is 7.85. The molecule has 0 bridgehead atoms. The maximum Gasteiger partial charge on any atom is 0.324 e. The second-order valence-electron chi connectivity index (χ2n) is 9.03. The van der Waals surface area contributed by atoms with Crippen LogP contribution in [0, 0.1) is 11.8 Å². The van der Waals surface area contributed by atoms with Crippen molar-refractivity contribution in [1.29, 1.82) is 0 Å². The normalized spacial score (nSPS) is 19.8. The summed E-state index contributed by atoms with van der Waals surface area (Å²) < 4.78 is 34.3. The number of unbranched alkanes of at least 4 members (excludes halogenated alkanes) is 2. The van der Waals surface area contributed by atoms with Crippen molar-refractivity contribution < 1.29 is 22.7 Å². The third kappa shape index (κ3) is 6.59. The molecule has 3 aliphatic rings. The van der Waals surface area contributed by atoms with Gasteiger partial charge in [0.05, 0.1) is 17.4 Å². The van der Waals surface area contributed by atoms with Gasteiger partial charge in [0.2, 0.25) is 15.9 Å².